The van der Waals surface area contributed by atoms with Crippen molar-refractivity contribution in [2.45, 2.75) is 15.5 Å². The fourth-order valence-corrected chi connectivity index (χ4v) is 3.68. The fourth-order valence-electron chi connectivity index (χ4n) is 0.643. The van der Waals surface area contributed by atoms with Crippen molar-refractivity contribution in [1.82, 2.24) is 4.98 Å². The quantitative estimate of drug-likeness (QED) is 0.790. The fraction of sp³-hybridized carbons (Fsp3) is 0.400. The van der Waals surface area contributed by atoms with E-state index in [4.69, 9.17) is 5.14 Å². The largest absolute Gasteiger partial charge is 0.249 e. The number of aromatic nitrogens is 1. The second kappa shape index (κ2) is 3.57. The van der Waals surface area contributed by atoms with E-state index in [0.717, 1.165) is 6.20 Å². The van der Waals surface area contributed by atoms with Gasteiger partial charge < -0.3 is 0 Å². The number of hydrogen-bond donors (Lipinski definition) is 1. The molecule has 6 nitrogen and oxygen atoms in total. The average molecular weight is 256 g/mol. The molecule has 14 heavy (non-hydrogen) atoms. The molecule has 0 bridgehead atoms. The van der Waals surface area contributed by atoms with Crippen molar-refractivity contribution >= 4 is 31.2 Å². The van der Waals surface area contributed by atoms with Gasteiger partial charge in [-0.15, -0.1) is 0 Å². The molecule has 9 heteroatoms. The van der Waals surface area contributed by atoms with Crippen LogP contribution in [0.3, 0.4) is 0 Å². The molecule has 0 aliphatic rings. The predicted octanol–water partition coefficient (Wildman–Crippen LogP) is -0.416. The summed E-state index contributed by atoms with van der Waals surface area (Å²) in [5.41, 5.74) is 0. The van der Waals surface area contributed by atoms with Gasteiger partial charge in [-0.1, -0.05) is 18.3 Å². The van der Waals surface area contributed by atoms with E-state index in [2.05, 4.69) is 4.98 Å². The molecular weight excluding hydrogens is 248 g/mol. The van der Waals surface area contributed by atoms with E-state index in [1.165, 1.54) is 6.92 Å². The minimum absolute atomic E-state index is 0.120. The van der Waals surface area contributed by atoms with E-state index in [1.54, 1.807) is 0 Å². The number of thiazole rings is 1. The van der Waals surface area contributed by atoms with Crippen LogP contribution in [0.2, 0.25) is 0 Å². The number of sulfonamides is 1. The highest BCUT2D eigenvalue weighted by molar-refractivity contribution is 7.95. The summed E-state index contributed by atoms with van der Waals surface area (Å²) in [7, 11) is -7.31. The summed E-state index contributed by atoms with van der Waals surface area (Å²) in [6.07, 6.45) is 0.947. The van der Waals surface area contributed by atoms with Gasteiger partial charge in [0.2, 0.25) is 24.2 Å². The third-order valence-corrected chi connectivity index (χ3v) is 6.00. The van der Waals surface area contributed by atoms with Crippen LogP contribution in [0.4, 0.5) is 0 Å². The van der Waals surface area contributed by atoms with Gasteiger partial charge in [0.15, 0.2) is 4.21 Å². The van der Waals surface area contributed by atoms with Gasteiger partial charge >= 0.3 is 0 Å². The van der Waals surface area contributed by atoms with Gasteiger partial charge in [0.05, 0.1) is 11.9 Å². The van der Waals surface area contributed by atoms with E-state index in [9.17, 15) is 16.8 Å². The first kappa shape index (κ1) is 11.6. The monoisotopic (exact) mass is 256 g/mol. The van der Waals surface area contributed by atoms with Crippen LogP contribution in [0, 0.1) is 0 Å². The second-order valence-corrected chi connectivity index (χ2v) is 7.66. The Morgan fingerprint density at radius 3 is 2.36 bits per heavy atom. The number of nitrogens with zero attached hydrogens (tertiary/aromatic N) is 1. The van der Waals surface area contributed by atoms with Crippen molar-refractivity contribution in [2.75, 3.05) is 5.75 Å². The van der Waals surface area contributed by atoms with Crippen molar-refractivity contribution < 1.29 is 16.8 Å². The Hall–Kier alpha value is -0.510. The Balaban J connectivity index is 3.27. The Kier molecular flexibility index (Phi) is 2.95. The maximum atomic E-state index is 11.3. The maximum Gasteiger partial charge on any atom is 0.249 e. The Labute approximate surface area is 85.7 Å². The molecule has 1 aromatic heterocycles. The zero-order valence-corrected chi connectivity index (χ0v) is 9.62. The second-order valence-electron chi connectivity index (χ2n) is 2.39. The lowest BCUT2D eigenvalue weighted by Gasteiger charge is -1.92. The molecule has 0 fully saturated rings. The van der Waals surface area contributed by atoms with Crippen molar-refractivity contribution in [3.05, 3.63) is 6.20 Å². The van der Waals surface area contributed by atoms with Gasteiger partial charge in [-0.25, -0.2) is 27.0 Å². The van der Waals surface area contributed by atoms with Crippen molar-refractivity contribution in [3.8, 4) is 0 Å². The lowest BCUT2D eigenvalue weighted by Crippen LogP contribution is -2.10. The van der Waals surface area contributed by atoms with Crippen LogP contribution in [-0.2, 0) is 19.9 Å². The van der Waals surface area contributed by atoms with E-state index in [-0.39, 0.29) is 14.3 Å². The normalized spacial score (nSPS) is 13.0. The van der Waals surface area contributed by atoms with Gasteiger partial charge in [0.25, 0.3) is 0 Å². The molecule has 0 amide bonds. The van der Waals surface area contributed by atoms with E-state index in [1.807, 2.05) is 0 Å². The number of rotatable bonds is 3. The first-order valence-corrected chi connectivity index (χ1v) is 7.50. The van der Waals surface area contributed by atoms with Crippen LogP contribution in [0.25, 0.3) is 0 Å². The van der Waals surface area contributed by atoms with Gasteiger partial charge in [0, 0.05) is 0 Å². The number of nitrogens with two attached hydrogens (primary N) is 1. The smallest absolute Gasteiger partial charge is 0.232 e. The highest BCUT2D eigenvalue weighted by Crippen LogP contribution is 2.21. The third kappa shape index (κ3) is 2.29. The van der Waals surface area contributed by atoms with Crippen molar-refractivity contribution in [2.24, 2.45) is 5.14 Å². The third-order valence-electron chi connectivity index (χ3n) is 1.39. The molecule has 80 valence electrons. The maximum absolute atomic E-state index is 11.3. The minimum Gasteiger partial charge on any atom is -0.232 e. The predicted molar refractivity (Wildman–Crippen MR) is 51.2 cm³/mol. The molecule has 0 radical (unpaired) electrons. The van der Waals surface area contributed by atoms with E-state index < -0.39 is 19.9 Å². The van der Waals surface area contributed by atoms with Gasteiger partial charge in [0.1, 0.15) is 0 Å². The van der Waals surface area contributed by atoms with E-state index >= 15 is 0 Å². The molecular formula is C5H8N2O4S3. The topological polar surface area (TPSA) is 107 Å². The van der Waals surface area contributed by atoms with Gasteiger partial charge in [-0.05, 0) is 0 Å². The minimum atomic E-state index is -3.86. The lowest BCUT2D eigenvalue weighted by molar-refractivity contribution is 0.595. The zero-order chi connectivity index (χ0) is 11.0. The molecule has 0 atom stereocenters. The van der Waals surface area contributed by atoms with Crippen LogP contribution in [0.5, 0.6) is 0 Å². The van der Waals surface area contributed by atoms with Crippen molar-refractivity contribution in [1.29, 1.82) is 0 Å². The first-order valence-electron chi connectivity index (χ1n) is 3.49. The Morgan fingerprint density at radius 1 is 1.43 bits per heavy atom. The van der Waals surface area contributed by atoms with Crippen LogP contribution >= 0.6 is 11.3 Å². The van der Waals surface area contributed by atoms with Crippen LogP contribution in [0.15, 0.2) is 14.7 Å². The number of hydrogen-bond acceptors (Lipinski definition) is 6. The molecule has 0 aliphatic carbocycles. The summed E-state index contributed by atoms with van der Waals surface area (Å²) in [4.78, 5) is 3.50. The molecule has 2 N–H and O–H groups in total. The lowest BCUT2D eigenvalue weighted by atomic mass is 11.0. The average Bonchev–Trinajstić information content (AvgIpc) is 2.51. The van der Waals surface area contributed by atoms with Crippen molar-refractivity contribution in [3.63, 3.8) is 0 Å². The summed E-state index contributed by atoms with van der Waals surface area (Å²) in [6.45, 7) is 1.45. The number of sulfone groups is 1. The summed E-state index contributed by atoms with van der Waals surface area (Å²) in [5, 5.41) is 4.80. The molecule has 0 aromatic carbocycles. The Bertz CT molecular complexity index is 527. The summed E-state index contributed by atoms with van der Waals surface area (Å²) in [5.74, 6) is -0.120. The molecule has 0 saturated heterocycles. The zero-order valence-electron chi connectivity index (χ0n) is 7.17. The van der Waals surface area contributed by atoms with E-state index in [0.29, 0.717) is 11.3 Å². The highest BCUT2D eigenvalue weighted by Gasteiger charge is 2.20. The summed E-state index contributed by atoms with van der Waals surface area (Å²) in [6, 6.07) is 0. The number of primary sulfonamides is 1. The SMILES string of the molecule is CCS(=O)(=O)c1ncc(S(N)(=O)=O)s1. The van der Waals surface area contributed by atoms with Gasteiger partial charge in [-0.2, -0.15) is 0 Å². The van der Waals surface area contributed by atoms with Crippen LogP contribution in [0.1, 0.15) is 6.92 Å². The summed E-state index contributed by atoms with van der Waals surface area (Å²) >= 11 is 0.559. The highest BCUT2D eigenvalue weighted by atomic mass is 32.3. The molecule has 0 unspecified atom stereocenters. The molecule has 1 aromatic rings. The van der Waals surface area contributed by atoms with Crippen LogP contribution < -0.4 is 5.14 Å². The van der Waals surface area contributed by atoms with Crippen LogP contribution in [-0.4, -0.2) is 27.6 Å². The Morgan fingerprint density at radius 2 is 2.00 bits per heavy atom. The molecule has 0 aliphatic heterocycles. The van der Waals surface area contributed by atoms with Gasteiger partial charge in [-0.3, -0.25) is 0 Å². The molecule has 0 saturated carbocycles. The molecule has 1 heterocycles. The molecule has 0 spiro atoms. The molecule has 1 rings (SSSR count). The first-order chi connectivity index (χ1) is 6.27. The summed E-state index contributed by atoms with van der Waals surface area (Å²) < 4.78 is 43.7. The standard InChI is InChI=1S/C5H8N2O4S3/c1-2-13(8,9)5-7-3-4(12-5)14(6,10)11/h3H,2H2,1H3,(H2,6,10,11).